The van der Waals surface area contributed by atoms with Crippen LogP contribution in [0.4, 0.5) is 34.1 Å². The van der Waals surface area contributed by atoms with E-state index >= 15 is 0 Å². The van der Waals surface area contributed by atoms with Crippen molar-refractivity contribution < 1.29 is 25.9 Å². The third kappa shape index (κ3) is 7.26. The zero-order valence-corrected chi connectivity index (χ0v) is 30.2. The van der Waals surface area contributed by atoms with Crippen LogP contribution in [0.2, 0.25) is 0 Å². The first-order chi connectivity index (χ1) is 22.7. The molecule has 1 radical (unpaired) electrons. The van der Waals surface area contributed by atoms with E-state index < -0.39 is 20.2 Å². The Labute approximate surface area is 304 Å². The summed E-state index contributed by atoms with van der Waals surface area (Å²) in [6.07, 6.45) is 0. The minimum absolute atomic E-state index is 0. The minimum Gasteiger partial charge on any atom is -0.396 e. The normalized spacial score (nSPS) is 12.2. The van der Waals surface area contributed by atoms with Gasteiger partial charge in [0, 0.05) is 51.1 Å². The van der Waals surface area contributed by atoms with Gasteiger partial charge in [0.15, 0.2) is 0 Å². The molecule has 0 aliphatic rings. The molecule has 12 nitrogen and oxygen atoms in total. The molecule has 0 spiro atoms. The summed E-state index contributed by atoms with van der Waals surface area (Å²) in [5.41, 5.74) is 17.6. The molecule has 0 amide bonds. The molecule has 0 saturated carbocycles. The van der Waals surface area contributed by atoms with Crippen LogP contribution in [0.25, 0.3) is 32.7 Å². The van der Waals surface area contributed by atoms with E-state index in [1.54, 1.807) is 60.7 Å². The Balaban J connectivity index is 0.00000468. The van der Waals surface area contributed by atoms with Crippen LogP contribution in [0.1, 0.15) is 11.1 Å². The fourth-order valence-corrected chi connectivity index (χ4v) is 6.84. The Kier molecular flexibility index (Phi) is 10.0. The average Bonchev–Trinajstić information content (AvgIpc) is 3.04. The van der Waals surface area contributed by atoms with Gasteiger partial charge in [0.05, 0.1) is 22.7 Å². The fraction of sp³-hybridized carbons (Fsp3) is 0.0588. The molecule has 49 heavy (non-hydrogen) atoms. The Bertz CT molecular complexity index is 2400. The summed E-state index contributed by atoms with van der Waals surface area (Å²) >= 11 is 0. The van der Waals surface area contributed by atoms with Crippen LogP contribution in [-0.4, -0.2) is 55.5 Å². The maximum Gasteiger partial charge on any atom is 0.295 e. The van der Waals surface area contributed by atoms with E-state index in [2.05, 4.69) is 20.5 Å². The van der Waals surface area contributed by atoms with E-state index in [0.29, 0.717) is 22.1 Å². The van der Waals surface area contributed by atoms with Crippen LogP contribution in [0.15, 0.2) is 127 Å². The smallest absolute Gasteiger partial charge is 0.295 e. The van der Waals surface area contributed by atoms with Crippen LogP contribution in [-0.2, 0) is 20.2 Å². The zero-order valence-electron chi connectivity index (χ0n) is 26.5. The first-order valence-electron chi connectivity index (χ1n) is 14.3. The van der Waals surface area contributed by atoms with Gasteiger partial charge in [-0.2, -0.15) is 27.1 Å². The summed E-state index contributed by atoms with van der Waals surface area (Å²) in [5, 5.41) is 18.5. The van der Waals surface area contributed by atoms with E-state index in [9.17, 15) is 25.9 Å². The van der Waals surface area contributed by atoms with Crippen molar-refractivity contribution in [1.29, 1.82) is 0 Å². The van der Waals surface area contributed by atoms with Gasteiger partial charge in [0.25, 0.3) is 20.2 Å². The Morgan fingerprint density at radius 1 is 0.490 bits per heavy atom. The van der Waals surface area contributed by atoms with Gasteiger partial charge in [0.2, 0.25) is 0 Å². The van der Waals surface area contributed by atoms with Crippen LogP contribution >= 0.6 is 0 Å². The minimum atomic E-state index is -4.54. The number of benzene rings is 6. The molecule has 0 aromatic heterocycles. The molecule has 6 aromatic rings. The Morgan fingerprint density at radius 3 is 1.14 bits per heavy atom. The maximum atomic E-state index is 12.1. The number of anilines is 2. The van der Waals surface area contributed by atoms with Crippen molar-refractivity contribution >= 4 is 105 Å². The van der Waals surface area contributed by atoms with Crippen molar-refractivity contribution in [3.8, 4) is 11.1 Å². The van der Waals surface area contributed by atoms with Crippen molar-refractivity contribution in [1.82, 2.24) is 0 Å². The molecular formula is C34H28N6NaO6S2. The van der Waals surface area contributed by atoms with Crippen molar-refractivity contribution in [3.05, 3.63) is 108 Å². The van der Waals surface area contributed by atoms with Gasteiger partial charge < -0.3 is 11.5 Å². The van der Waals surface area contributed by atoms with Gasteiger partial charge in [-0.1, -0.05) is 60.7 Å². The van der Waals surface area contributed by atoms with Crippen LogP contribution in [0.5, 0.6) is 0 Å². The number of nitrogen functional groups attached to an aromatic ring is 2. The number of rotatable bonds is 7. The average molecular weight is 704 g/mol. The molecular weight excluding hydrogens is 676 g/mol. The number of hydrogen-bond acceptors (Lipinski definition) is 10. The molecule has 0 bridgehead atoms. The first kappa shape index (κ1) is 35.8. The van der Waals surface area contributed by atoms with E-state index in [0.717, 1.165) is 22.3 Å². The molecule has 0 unspecified atom stereocenters. The molecule has 243 valence electrons. The van der Waals surface area contributed by atoms with Gasteiger partial charge in [0.1, 0.15) is 21.2 Å². The summed E-state index contributed by atoms with van der Waals surface area (Å²) in [6, 6.07) is 26.6. The Morgan fingerprint density at radius 2 is 0.816 bits per heavy atom. The second-order valence-corrected chi connectivity index (χ2v) is 13.8. The van der Waals surface area contributed by atoms with Gasteiger partial charge >= 0.3 is 0 Å². The molecule has 0 aliphatic carbocycles. The molecule has 0 saturated heterocycles. The zero-order chi connectivity index (χ0) is 34.4. The Hall–Kier alpha value is -4.54. The van der Waals surface area contributed by atoms with E-state index in [1.165, 1.54) is 12.1 Å². The summed E-state index contributed by atoms with van der Waals surface area (Å²) < 4.78 is 67.8. The third-order valence-electron chi connectivity index (χ3n) is 7.87. The molecule has 15 heteroatoms. The number of nitrogens with two attached hydrogens (primary N) is 2. The molecule has 6 N–H and O–H groups in total. The number of fused-ring (bicyclic) bond motifs is 2. The SMILES string of the molecule is Cc1cc(-c2ccc(N=Nc3cc(S(=O)(=O)O)c4ccccc4c3N)c(C)c2)ccc1N=Nc1cc(S(=O)(=O)O)c2ccccc2c1N.[Na]. The van der Waals surface area contributed by atoms with Gasteiger partial charge in [-0.3, -0.25) is 9.11 Å². The number of hydrogen-bond donors (Lipinski definition) is 4. The number of nitrogens with zero attached hydrogens (tertiary/aromatic N) is 4. The van der Waals surface area contributed by atoms with Crippen molar-refractivity contribution in [2.45, 2.75) is 23.6 Å². The van der Waals surface area contributed by atoms with Crippen molar-refractivity contribution in [2.24, 2.45) is 20.5 Å². The first-order valence-corrected chi connectivity index (χ1v) is 17.2. The second-order valence-electron chi connectivity index (χ2n) is 11.1. The van der Waals surface area contributed by atoms with Gasteiger partial charge in [-0.05, 0) is 72.5 Å². The predicted octanol–water partition coefficient (Wildman–Crippen LogP) is 8.38. The van der Waals surface area contributed by atoms with Gasteiger partial charge in [-0.15, -0.1) is 10.2 Å². The molecule has 6 aromatic carbocycles. The summed E-state index contributed by atoms with van der Waals surface area (Å²) in [6.45, 7) is 3.71. The maximum absolute atomic E-state index is 12.1. The van der Waals surface area contributed by atoms with Crippen molar-refractivity contribution in [2.75, 3.05) is 11.5 Å². The largest absolute Gasteiger partial charge is 0.396 e. The van der Waals surface area contributed by atoms with Crippen LogP contribution < -0.4 is 11.5 Å². The molecule has 6 rings (SSSR count). The molecule has 0 atom stereocenters. The van der Waals surface area contributed by atoms with E-state index in [-0.39, 0.29) is 72.9 Å². The summed E-state index contributed by atoms with van der Waals surface area (Å²) in [4.78, 5) is -0.620. The van der Waals surface area contributed by atoms with Gasteiger partial charge in [-0.25, -0.2) is 0 Å². The molecule has 0 aliphatic heterocycles. The summed E-state index contributed by atoms with van der Waals surface area (Å²) in [7, 11) is -9.09. The quantitative estimate of drug-likeness (QED) is 0.0547. The van der Waals surface area contributed by atoms with E-state index in [1.807, 2.05) is 38.1 Å². The number of aryl methyl sites for hydroxylation is 2. The standard InChI is InChI=1S/C34H28N6O6S2.Na/c1-19-15-21(11-13-27(19)37-39-29-17-31(47(41,42)43)23-7-3-5-9-25(23)33(29)35)22-12-14-28(20(2)16-22)38-40-30-18-32(48(44,45)46)24-8-4-6-10-26(24)34(30)36;/h3-18H,35-36H2,1-2H3,(H,41,42,43)(H,44,45,46);. The monoisotopic (exact) mass is 703 g/mol. The van der Waals surface area contributed by atoms with E-state index in [4.69, 9.17) is 11.5 Å². The summed E-state index contributed by atoms with van der Waals surface area (Å²) in [5.74, 6) is 0. The van der Waals surface area contributed by atoms with Crippen LogP contribution in [0.3, 0.4) is 0 Å². The molecule has 0 heterocycles. The number of azo groups is 2. The predicted molar refractivity (Wildman–Crippen MR) is 192 cm³/mol. The van der Waals surface area contributed by atoms with Crippen molar-refractivity contribution in [3.63, 3.8) is 0 Å². The topological polar surface area (TPSA) is 210 Å². The fourth-order valence-electron chi connectivity index (χ4n) is 5.40. The van der Waals surface area contributed by atoms with Crippen LogP contribution in [0, 0.1) is 13.8 Å². The second kappa shape index (κ2) is 13.8. The molecule has 0 fully saturated rings. The third-order valence-corrected chi connectivity index (χ3v) is 9.65.